The highest BCUT2D eigenvalue weighted by Gasteiger charge is 2.72. The Morgan fingerprint density at radius 1 is 1.16 bits per heavy atom. The van der Waals surface area contributed by atoms with Gasteiger partial charge in [0.15, 0.2) is 0 Å². The normalized spacial score (nSPS) is 15.4. The minimum atomic E-state index is -6.32. The van der Waals surface area contributed by atoms with E-state index in [0.717, 1.165) is 0 Å². The molecule has 0 radical (unpaired) electrons. The molecule has 0 aromatic rings. The summed E-state index contributed by atoms with van der Waals surface area (Å²) in [5, 5.41) is 7.49. The summed E-state index contributed by atoms with van der Waals surface area (Å²) in [6.07, 6.45) is -8.64. The predicted molar refractivity (Wildman–Crippen MR) is 54.7 cm³/mol. The van der Waals surface area contributed by atoms with Gasteiger partial charge in [-0.05, 0) is 19.1 Å². The van der Waals surface area contributed by atoms with Gasteiger partial charge in [0.1, 0.15) is 0 Å². The molecule has 0 amide bonds. The van der Waals surface area contributed by atoms with Crippen LogP contribution in [0, 0.1) is 0 Å². The zero-order valence-electron chi connectivity index (χ0n) is 9.61. The molecule has 0 aliphatic carbocycles. The second-order valence-corrected chi connectivity index (χ2v) is 5.18. The van der Waals surface area contributed by atoms with Crippen LogP contribution in [0.5, 0.6) is 0 Å². The van der Waals surface area contributed by atoms with Crippen molar-refractivity contribution in [3.63, 3.8) is 0 Å². The first kappa shape index (κ1) is 18.3. The number of halogens is 7. The molecule has 0 fully saturated rings. The molecule has 0 saturated heterocycles. The molecule has 1 atom stereocenters. The predicted octanol–water partition coefficient (Wildman–Crippen LogP) is 3.81. The number of hydrogen-bond acceptors (Lipinski definition) is 2. The third-order valence-electron chi connectivity index (χ3n) is 2.17. The maximum atomic E-state index is 12.8. The first-order valence-electron chi connectivity index (χ1n) is 4.99. The molecule has 114 valence electrons. The van der Waals surface area contributed by atoms with Crippen LogP contribution in [0.1, 0.15) is 19.8 Å². The SMILES string of the molecule is CC(SCCCC(F)(F)C(F)(F)C(F)(F)F)C(=O)O. The quantitative estimate of drug-likeness (QED) is 0.573. The number of alkyl halides is 7. The summed E-state index contributed by atoms with van der Waals surface area (Å²) >= 11 is 0.684. The van der Waals surface area contributed by atoms with E-state index in [1.165, 1.54) is 6.92 Å². The van der Waals surface area contributed by atoms with Crippen LogP contribution < -0.4 is 0 Å². The molecule has 0 aliphatic rings. The molecule has 2 nitrogen and oxygen atoms in total. The third kappa shape index (κ3) is 4.73. The van der Waals surface area contributed by atoms with Gasteiger partial charge in [0.05, 0.1) is 5.25 Å². The summed E-state index contributed by atoms with van der Waals surface area (Å²) in [5.74, 6) is -12.8. The molecule has 10 heteroatoms. The number of aliphatic carboxylic acids is 1. The Bertz CT molecular complexity index is 316. The highest BCUT2D eigenvalue weighted by Crippen LogP contribution is 2.48. The molecule has 0 saturated carbocycles. The van der Waals surface area contributed by atoms with Crippen molar-refractivity contribution in [1.29, 1.82) is 0 Å². The minimum Gasteiger partial charge on any atom is -0.480 e. The second-order valence-electron chi connectivity index (χ2n) is 3.73. The largest absolute Gasteiger partial charge is 0.480 e. The maximum Gasteiger partial charge on any atom is 0.459 e. The van der Waals surface area contributed by atoms with Gasteiger partial charge < -0.3 is 5.11 Å². The number of carbonyl (C=O) groups is 1. The molecule has 0 heterocycles. The van der Waals surface area contributed by atoms with E-state index in [1.54, 1.807) is 0 Å². The topological polar surface area (TPSA) is 37.3 Å². The van der Waals surface area contributed by atoms with Crippen molar-refractivity contribution in [2.45, 2.75) is 43.0 Å². The molecule has 0 aromatic heterocycles. The Morgan fingerprint density at radius 2 is 1.63 bits per heavy atom. The van der Waals surface area contributed by atoms with Crippen LogP contribution >= 0.6 is 11.8 Å². The number of rotatable bonds is 7. The van der Waals surface area contributed by atoms with Gasteiger partial charge in [-0.3, -0.25) is 4.79 Å². The second kappa shape index (κ2) is 6.19. The first-order valence-corrected chi connectivity index (χ1v) is 6.04. The lowest BCUT2D eigenvalue weighted by Crippen LogP contribution is -2.51. The molecule has 0 rings (SSSR count). The smallest absolute Gasteiger partial charge is 0.459 e. The summed E-state index contributed by atoms with van der Waals surface area (Å²) in [6.45, 7) is 1.25. The van der Waals surface area contributed by atoms with Crippen LogP contribution in [0.3, 0.4) is 0 Å². The molecule has 1 N–H and O–H groups in total. The van der Waals surface area contributed by atoms with Gasteiger partial charge in [0.25, 0.3) is 0 Å². The van der Waals surface area contributed by atoms with E-state index in [1.807, 2.05) is 0 Å². The van der Waals surface area contributed by atoms with Crippen LogP contribution in [0.25, 0.3) is 0 Å². The van der Waals surface area contributed by atoms with Gasteiger partial charge in [-0.15, -0.1) is 11.8 Å². The number of thioether (sulfide) groups is 1. The van der Waals surface area contributed by atoms with Crippen molar-refractivity contribution in [2.24, 2.45) is 0 Å². The van der Waals surface area contributed by atoms with Crippen molar-refractivity contribution in [1.82, 2.24) is 0 Å². The van der Waals surface area contributed by atoms with Crippen LogP contribution in [-0.4, -0.2) is 40.1 Å². The highest BCUT2D eigenvalue weighted by molar-refractivity contribution is 8.00. The molecule has 0 spiro atoms. The van der Waals surface area contributed by atoms with Gasteiger partial charge in [-0.1, -0.05) is 0 Å². The minimum absolute atomic E-state index is 0.253. The Balaban J connectivity index is 4.36. The van der Waals surface area contributed by atoms with Crippen molar-refractivity contribution in [3.05, 3.63) is 0 Å². The Kier molecular flexibility index (Phi) is 5.97. The molecular weight excluding hydrogens is 305 g/mol. The van der Waals surface area contributed by atoms with E-state index in [9.17, 15) is 35.5 Å². The van der Waals surface area contributed by atoms with Crippen molar-refractivity contribution in [2.75, 3.05) is 5.75 Å². The van der Waals surface area contributed by atoms with Crippen molar-refractivity contribution >= 4 is 17.7 Å². The lowest BCUT2D eigenvalue weighted by Gasteiger charge is -2.28. The van der Waals surface area contributed by atoms with E-state index in [0.29, 0.717) is 11.8 Å². The van der Waals surface area contributed by atoms with Crippen molar-refractivity contribution in [3.8, 4) is 0 Å². The zero-order chi connectivity index (χ0) is 15.5. The van der Waals surface area contributed by atoms with Gasteiger partial charge in [0.2, 0.25) is 0 Å². The lowest BCUT2D eigenvalue weighted by molar-refractivity contribution is -0.355. The summed E-state index contributed by atoms with van der Waals surface area (Å²) < 4.78 is 85.7. The fourth-order valence-corrected chi connectivity index (χ4v) is 1.80. The average Bonchev–Trinajstić information content (AvgIpc) is 2.21. The Hall–Kier alpha value is -0.670. The summed E-state index contributed by atoms with van der Waals surface area (Å²) in [4.78, 5) is 10.3. The van der Waals surface area contributed by atoms with Gasteiger partial charge in [-0.2, -0.15) is 30.7 Å². The van der Waals surface area contributed by atoms with E-state index in [4.69, 9.17) is 5.11 Å². The molecule has 19 heavy (non-hydrogen) atoms. The average molecular weight is 316 g/mol. The fraction of sp³-hybridized carbons (Fsp3) is 0.889. The van der Waals surface area contributed by atoms with E-state index in [2.05, 4.69) is 0 Å². The third-order valence-corrected chi connectivity index (χ3v) is 3.39. The Labute approximate surface area is 108 Å². The molecule has 0 aliphatic heterocycles. The van der Waals surface area contributed by atoms with Gasteiger partial charge in [-0.25, -0.2) is 0 Å². The van der Waals surface area contributed by atoms with Gasteiger partial charge >= 0.3 is 24.0 Å². The summed E-state index contributed by atoms with van der Waals surface area (Å²) in [5.41, 5.74) is 0. The Morgan fingerprint density at radius 3 is 2.00 bits per heavy atom. The van der Waals surface area contributed by atoms with Crippen LogP contribution in [0.2, 0.25) is 0 Å². The number of hydrogen-bond donors (Lipinski definition) is 1. The summed E-state index contributed by atoms with van der Waals surface area (Å²) in [7, 11) is 0. The lowest BCUT2D eigenvalue weighted by atomic mass is 10.1. The molecular formula is C9H11F7O2S. The van der Waals surface area contributed by atoms with Crippen LogP contribution in [-0.2, 0) is 4.79 Å². The van der Waals surface area contributed by atoms with E-state index < -0.39 is 42.1 Å². The molecule has 0 bridgehead atoms. The fourth-order valence-electron chi connectivity index (χ4n) is 0.990. The van der Waals surface area contributed by atoms with Crippen LogP contribution in [0.15, 0.2) is 0 Å². The first-order chi connectivity index (χ1) is 8.33. The molecule has 0 aromatic carbocycles. The van der Waals surface area contributed by atoms with Crippen LogP contribution in [0.4, 0.5) is 30.7 Å². The van der Waals surface area contributed by atoms with Gasteiger partial charge in [0, 0.05) is 6.42 Å². The molecule has 1 unspecified atom stereocenters. The van der Waals surface area contributed by atoms with E-state index in [-0.39, 0.29) is 5.75 Å². The maximum absolute atomic E-state index is 12.8. The summed E-state index contributed by atoms with van der Waals surface area (Å²) in [6, 6.07) is 0. The number of carboxylic acids is 1. The zero-order valence-corrected chi connectivity index (χ0v) is 10.4. The monoisotopic (exact) mass is 316 g/mol. The van der Waals surface area contributed by atoms with Crippen molar-refractivity contribution < 1.29 is 40.6 Å². The number of carboxylic acid groups (broad SMARTS) is 1. The van der Waals surface area contributed by atoms with E-state index >= 15 is 0 Å². The highest BCUT2D eigenvalue weighted by atomic mass is 32.2. The standard InChI is InChI=1S/C9H11F7O2S/c1-5(6(17)18)19-4-2-3-7(10,11)8(12,13)9(14,15)16/h5H,2-4H2,1H3,(H,17,18).